The Morgan fingerprint density at radius 3 is 2.20 bits per heavy atom. The van der Waals surface area contributed by atoms with E-state index in [1.807, 2.05) is 0 Å². The molecule has 0 aromatic rings. The summed E-state index contributed by atoms with van der Waals surface area (Å²) < 4.78 is 0. The Kier molecular flexibility index (Phi) is 5.11. The summed E-state index contributed by atoms with van der Waals surface area (Å²) in [4.78, 5) is 0. The van der Waals surface area contributed by atoms with Gasteiger partial charge < -0.3 is 5.32 Å². The van der Waals surface area contributed by atoms with Crippen molar-refractivity contribution >= 4 is 0 Å². The van der Waals surface area contributed by atoms with Crippen LogP contribution in [0.15, 0.2) is 0 Å². The third-order valence-electron chi connectivity index (χ3n) is 4.07. The van der Waals surface area contributed by atoms with Crippen LogP contribution in [0.1, 0.15) is 66.2 Å². The molecule has 15 heavy (non-hydrogen) atoms. The van der Waals surface area contributed by atoms with E-state index in [9.17, 15) is 0 Å². The first kappa shape index (κ1) is 13.0. The minimum absolute atomic E-state index is 0.588. The van der Waals surface area contributed by atoms with Crippen LogP contribution in [0.5, 0.6) is 0 Å². The van der Waals surface area contributed by atoms with Crippen LogP contribution in [0.25, 0.3) is 0 Å². The van der Waals surface area contributed by atoms with Gasteiger partial charge in [-0.25, -0.2) is 0 Å². The van der Waals surface area contributed by atoms with E-state index in [-0.39, 0.29) is 0 Å². The maximum Gasteiger partial charge on any atom is 0.0121 e. The lowest BCUT2D eigenvalue weighted by atomic mass is 9.77. The Balaban J connectivity index is 2.48. The zero-order chi connectivity index (χ0) is 11.3. The van der Waals surface area contributed by atoms with Crippen molar-refractivity contribution in [3.8, 4) is 0 Å². The highest BCUT2D eigenvalue weighted by Crippen LogP contribution is 2.42. The first-order valence-electron chi connectivity index (χ1n) is 6.82. The highest BCUT2D eigenvalue weighted by molar-refractivity contribution is 4.91. The summed E-state index contributed by atoms with van der Waals surface area (Å²) in [5.74, 6) is 0.844. The monoisotopic (exact) mass is 211 g/mol. The van der Waals surface area contributed by atoms with Gasteiger partial charge in [0.25, 0.3) is 0 Å². The summed E-state index contributed by atoms with van der Waals surface area (Å²) in [5.41, 5.74) is 0.588. The van der Waals surface area contributed by atoms with Gasteiger partial charge in [-0.2, -0.15) is 0 Å². The fourth-order valence-corrected chi connectivity index (χ4v) is 2.97. The molecule has 0 amide bonds. The second-order valence-corrected chi connectivity index (χ2v) is 5.94. The predicted molar refractivity (Wildman–Crippen MR) is 68.1 cm³/mol. The molecule has 1 aliphatic carbocycles. The van der Waals surface area contributed by atoms with Crippen LogP contribution in [0.2, 0.25) is 0 Å². The van der Waals surface area contributed by atoms with Crippen LogP contribution in [-0.2, 0) is 0 Å². The van der Waals surface area contributed by atoms with Gasteiger partial charge in [-0.05, 0) is 43.6 Å². The third-order valence-corrected chi connectivity index (χ3v) is 4.07. The van der Waals surface area contributed by atoms with Gasteiger partial charge in [0.2, 0.25) is 0 Å². The largest absolute Gasteiger partial charge is 0.314 e. The molecule has 1 N–H and O–H groups in total. The van der Waals surface area contributed by atoms with E-state index in [2.05, 4.69) is 33.0 Å². The standard InChI is InChI=1S/C14H29N/c1-5-15-13(9-8-12(2)3)14(4)10-6-7-11-14/h12-13,15H,5-11H2,1-4H3. The van der Waals surface area contributed by atoms with E-state index in [0.29, 0.717) is 5.41 Å². The molecule has 1 nitrogen and oxygen atoms in total. The van der Waals surface area contributed by atoms with Crippen molar-refractivity contribution in [2.45, 2.75) is 72.3 Å². The predicted octanol–water partition coefficient (Wildman–Crippen LogP) is 3.98. The maximum absolute atomic E-state index is 3.72. The first-order chi connectivity index (χ1) is 7.08. The van der Waals surface area contributed by atoms with Gasteiger partial charge in [-0.3, -0.25) is 0 Å². The van der Waals surface area contributed by atoms with E-state index in [1.165, 1.54) is 38.5 Å². The smallest absolute Gasteiger partial charge is 0.0121 e. The summed E-state index contributed by atoms with van der Waals surface area (Å²) in [6.45, 7) is 10.5. The van der Waals surface area contributed by atoms with Crippen molar-refractivity contribution in [2.24, 2.45) is 11.3 Å². The Morgan fingerprint density at radius 1 is 1.13 bits per heavy atom. The average molecular weight is 211 g/mol. The molecule has 0 spiro atoms. The average Bonchev–Trinajstić information content (AvgIpc) is 2.60. The van der Waals surface area contributed by atoms with Crippen molar-refractivity contribution < 1.29 is 0 Å². The molecule has 1 atom stereocenters. The van der Waals surface area contributed by atoms with Gasteiger partial charge in [0.05, 0.1) is 0 Å². The molecule has 90 valence electrons. The zero-order valence-corrected chi connectivity index (χ0v) is 11.1. The fraction of sp³-hybridized carbons (Fsp3) is 1.00. The molecule has 0 heterocycles. The minimum atomic E-state index is 0.588. The van der Waals surface area contributed by atoms with E-state index in [4.69, 9.17) is 0 Å². The van der Waals surface area contributed by atoms with E-state index in [0.717, 1.165) is 18.5 Å². The molecule has 0 aromatic heterocycles. The second kappa shape index (κ2) is 5.89. The lowest BCUT2D eigenvalue weighted by Gasteiger charge is -2.35. The Morgan fingerprint density at radius 2 is 1.73 bits per heavy atom. The summed E-state index contributed by atoms with van der Waals surface area (Å²) >= 11 is 0. The van der Waals surface area contributed by atoms with Crippen molar-refractivity contribution in [1.29, 1.82) is 0 Å². The van der Waals surface area contributed by atoms with Crippen LogP contribution in [0.4, 0.5) is 0 Å². The number of hydrogen-bond donors (Lipinski definition) is 1. The number of rotatable bonds is 6. The molecule has 0 aromatic carbocycles. The third kappa shape index (κ3) is 3.79. The normalized spacial score (nSPS) is 22.2. The lowest BCUT2D eigenvalue weighted by molar-refractivity contribution is 0.204. The zero-order valence-electron chi connectivity index (χ0n) is 11.1. The van der Waals surface area contributed by atoms with Gasteiger partial charge >= 0.3 is 0 Å². The van der Waals surface area contributed by atoms with Crippen molar-refractivity contribution in [3.63, 3.8) is 0 Å². The van der Waals surface area contributed by atoms with Gasteiger partial charge in [-0.15, -0.1) is 0 Å². The van der Waals surface area contributed by atoms with Crippen molar-refractivity contribution in [1.82, 2.24) is 5.32 Å². The van der Waals surface area contributed by atoms with Crippen LogP contribution in [0.3, 0.4) is 0 Å². The molecule has 0 aliphatic heterocycles. The van der Waals surface area contributed by atoms with Gasteiger partial charge in [-0.1, -0.05) is 40.5 Å². The molecule has 0 bridgehead atoms. The summed E-state index contributed by atoms with van der Waals surface area (Å²) in [5, 5.41) is 3.72. The molecule has 1 rings (SSSR count). The molecule has 1 saturated carbocycles. The lowest BCUT2D eigenvalue weighted by Crippen LogP contribution is -2.42. The maximum atomic E-state index is 3.72. The molecule has 0 radical (unpaired) electrons. The highest BCUT2D eigenvalue weighted by Gasteiger charge is 2.35. The minimum Gasteiger partial charge on any atom is -0.314 e. The van der Waals surface area contributed by atoms with E-state index < -0.39 is 0 Å². The topological polar surface area (TPSA) is 12.0 Å². The fourth-order valence-electron chi connectivity index (χ4n) is 2.97. The van der Waals surface area contributed by atoms with Crippen molar-refractivity contribution in [3.05, 3.63) is 0 Å². The summed E-state index contributed by atoms with van der Waals surface area (Å²) in [7, 11) is 0. The molecule has 1 aliphatic rings. The van der Waals surface area contributed by atoms with Crippen molar-refractivity contribution in [2.75, 3.05) is 6.54 Å². The number of nitrogens with one attached hydrogen (secondary N) is 1. The molecule has 1 fully saturated rings. The molecular weight excluding hydrogens is 182 g/mol. The molecule has 1 unspecified atom stereocenters. The SMILES string of the molecule is CCNC(CCC(C)C)C1(C)CCCC1. The van der Waals surface area contributed by atoms with Gasteiger partial charge in [0, 0.05) is 6.04 Å². The van der Waals surface area contributed by atoms with Crippen LogP contribution in [-0.4, -0.2) is 12.6 Å². The van der Waals surface area contributed by atoms with Gasteiger partial charge in [0.15, 0.2) is 0 Å². The van der Waals surface area contributed by atoms with E-state index in [1.54, 1.807) is 0 Å². The van der Waals surface area contributed by atoms with Gasteiger partial charge in [0.1, 0.15) is 0 Å². The van der Waals surface area contributed by atoms with Crippen LogP contribution >= 0.6 is 0 Å². The van der Waals surface area contributed by atoms with Crippen LogP contribution < -0.4 is 5.32 Å². The Labute approximate surface area is 96.0 Å². The second-order valence-electron chi connectivity index (χ2n) is 5.94. The Bertz CT molecular complexity index is 168. The Hall–Kier alpha value is -0.0400. The molecular formula is C14H29N. The highest BCUT2D eigenvalue weighted by atomic mass is 14.9. The first-order valence-corrected chi connectivity index (χ1v) is 6.82. The van der Waals surface area contributed by atoms with E-state index >= 15 is 0 Å². The number of hydrogen-bond acceptors (Lipinski definition) is 1. The summed E-state index contributed by atoms with van der Waals surface area (Å²) in [6.07, 6.45) is 8.49. The molecule has 1 heteroatoms. The van der Waals surface area contributed by atoms with Crippen LogP contribution in [0, 0.1) is 11.3 Å². The quantitative estimate of drug-likeness (QED) is 0.700. The molecule has 0 saturated heterocycles. The summed E-state index contributed by atoms with van der Waals surface area (Å²) in [6, 6.07) is 0.757.